The number of fused-ring (bicyclic) bond motifs is 1. The molecule has 0 aliphatic carbocycles. The molecule has 1 amide bonds. The molecule has 2 aromatic heterocycles. The summed E-state index contributed by atoms with van der Waals surface area (Å²) in [6.45, 7) is 5.46. The van der Waals surface area contributed by atoms with Crippen LogP contribution in [0.15, 0.2) is 66.7 Å². The highest BCUT2D eigenvalue weighted by molar-refractivity contribution is 6.07. The molecule has 0 saturated carbocycles. The molecule has 2 saturated heterocycles. The molecule has 4 heterocycles. The first-order valence-corrected chi connectivity index (χ1v) is 15.2. The number of amides is 1. The van der Waals surface area contributed by atoms with Gasteiger partial charge in [-0.1, -0.05) is 42.5 Å². The quantitative estimate of drug-likeness (QED) is 0.277. The number of ether oxygens (including phenoxy) is 2. The molecule has 6 rings (SSSR count). The van der Waals surface area contributed by atoms with Crippen molar-refractivity contribution in [3.8, 4) is 17.1 Å². The van der Waals surface area contributed by atoms with Crippen molar-refractivity contribution in [2.24, 2.45) is 0 Å². The number of aromatic nitrogens is 2. The topological polar surface area (TPSA) is 79.8 Å². The fraction of sp³-hybridized carbons (Fsp3) is 0.382. The van der Waals surface area contributed by atoms with Crippen LogP contribution in [0.2, 0.25) is 0 Å². The number of nitrogens with one attached hydrogen (secondary N) is 1. The van der Waals surface area contributed by atoms with Crippen LogP contribution in [0.25, 0.3) is 22.3 Å². The minimum Gasteiger partial charge on any atom is -0.481 e. The second kappa shape index (κ2) is 13.5. The molecule has 0 atom stereocenters. The summed E-state index contributed by atoms with van der Waals surface area (Å²) < 4.78 is 52.4. The summed E-state index contributed by atoms with van der Waals surface area (Å²) in [7, 11) is 1.49. The number of halogens is 3. The summed E-state index contributed by atoms with van der Waals surface area (Å²) in [6, 6.07) is 18.4. The Hall–Kier alpha value is -4.06. The number of carbonyl (C=O) groups excluding carboxylic acids is 1. The van der Waals surface area contributed by atoms with Crippen molar-refractivity contribution in [1.82, 2.24) is 25.1 Å². The molecule has 8 nitrogen and oxygen atoms in total. The summed E-state index contributed by atoms with van der Waals surface area (Å²) in [5.41, 5.74) is 2.33. The van der Waals surface area contributed by atoms with Crippen LogP contribution < -0.4 is 10.1 Å². The van der Waals surface area contributed by atoms with Gasteiger partial charge in [0, 0.05) is 49.4 Å². The fourth-order valence-corrected chi connectivity index (χ4v) is 6.23. The zero-order valence-corrected chi connectivity index (χ0v) is 25.1. The van der Waals surface area contributed by atoms with Gasteiger partial charge in [-0.3, -0.25) is 14.6 Å². The first-order valence-electron chi connectivity index (χ1n) is 15.2. The molecule has 0 radical (unpaired) electrons. The van der Waals surface area contributed by atoms with Crippen LogP contribution in [0.3, 0.4) is 0 Å². The number of methoxy groups -OCH3 is 1. The van der Waals surface area contributed by atoms with Crippen LogP contribution in [0, 0.1) is 0 Å². The summed E-state index contributed by atoms with van der Waals surface area (Å²) in [6.07, 6.45) is -2.64. The summed E-state index contributed by atoms with van der Waals surface area (Å²) in [5, 5.41) is 3.02. The van der Waals surface area contributed by atoms with Crippen molar-refractivity contribution in [3.63, 3.8) is 0 Å². The van der Waals surface area contributed by atoms with E-state index in [0.717, 1.165) is 69.9 Å². The standard InChI is InChI=1S/C34H36F3N5O3/c1-44-29-11-10-28-32(40-29)30(33(43)38-21-23-6-3-2-4-7-23)27(31(39-28)24-8-5-9-25(20-24)34(35,36)37)22-41-14-12-26(13-15-41)42-16-18-45-19-17-42/h2-11,20,26H,12-19,21-22H2,1H3,(H,38,43). The lowest BCUT2D eigenvalue weighted by molar-refractivity contribution is -0.137. The second-order valence-corrected chi connectivity index (χ2v) is 11.4. The smallest absolute Gasteiger partial charge is 0.416 e. The Labute approximate surface area is 260 Å². The number of alkyl halides is 3. The number of hydrogen-bond acceptors (Lipinski definition) is 7. The first kappa shape index (κ1) is 30.9. The predicted octanol–water partition coefficient (Wildman–Crippen LogP) is 5.55. The van der Waals surface area contributed by atoms with E-state index < -0.39 is 11.7 Å². The van der Waals surface area contributed by atoms with Crippen molar-refractivity contribution in [2.75, 3.05) is 46.5 Å². The zero-order valence-electron chi connectivity index (χ0n) is 25.1. The Balaban J connectivity index is 1.43. The number of benzene rings is 2. The largest absolute Gasteiger partial charge is 0.481 e. The molecule has 45 heavy (non-hydrogen) atoms. The molecule has 1 N–H and O–H groups in total. The first-order chi connectivity index (χ1) is 21.8. The monoisotopic (exact) mass is 619 g/mol. The second-order valence-electron chi connectivity index (χ2n) is 11.4. The van der Waals surface area contributed by atoms with Gasteiger partial charge in [0.1, 0.15) is 5.52 Å². The summed E-state index contributed by atoms with van der Waals surface area (Å²) >= 11 is 0. The predicted molar refractivity (Wildman–Crippen MR) is 165 cm³/mol. The van der Waals surface area contributed by atoms with E-state index in [4.69, 9.17) is 14.5 Å². The van der Waals surface area contributed by atoms with Gasteiger partial charge in [0.25, 0.3) is 5.91 Å². The lowest BCUT2D eigenvalue weighted by atomic mass is 9.95. The SMILES string of the molecule is COc1ccc2nc(-c3cccc(C(F)(F)F)c3)c(CN3CCC(N4CCOCC4)CC3)c(C(=O)NCc3ccccc3)c2n1. The van der Waals surface area contributed by atoms with E-state index in [9.17, 15) is 18.0 Å². The third-order valence-electron chi connectivity index (χ3n) is 8.60. The average Bonchev–Trinajstić information content (AvgIpc) is 3.07. The van der Waals surface area contributed by atoms with Crippen molar-refractivity contribution >= 4 is 16.9 Å². The summed E-state index contributed by atoms with van der Waals surface area (Å²) in [5.74, 6) is -0.0658. The minimum absolute atomic E-state index is 0.275. The van der Waals surface area contributed by atoms with Crippen LogP contribution in [-0.2, 0) is 24.0 Å². The third-order valence-corrected chi connectivity index (χ3v) is 8.60. The molecule has 0 unspecified atom stereocenters. The van der Waals surface area contributed by atoms with Gasteiger partial charge in [-0.25, -0.2) is 9.97 Å². The highest BCUT2D eigenvalue weighted by atomic mass is 19.4. The van der Waals surface area contributed by atoms with Gasteiger partial charge in [-0.15, -0.1) is 0 Å². The van der Waals surface area contributed by atoms with Gasteiger partial charge >= 0.3 is 6.18 Å². The van der Waals surface area contributed by atoms with Crippen molar-refractivity contribution in [2.45, 2.75) is 38.1 Å². The normalized spacial score (nSPS) is 17.0. The maximum Gasteiger partial charge on any atom is 0.416 e. The molecular weight excluding hydrogens is 583 g/mol. The lowest BCUT2D eigenvalue weighted by Gasteiger charge is -2.40. The molecule has 0 spiro atoms. The van der Waals surface area contributed by atoms with Crippen molar-refractivity contribution in [1.29, 1.82) is 0 Å². The summed E-state index contributed by atoms with van der Waals surface area (Å²) in [4.78, 5) is 28.3. The number of piperidine rings is 1. The Morgan fingerprint density at radius 1 is 0.978 bits per heavy atom. The number of rotatable bonds is 8. The van der Waals surface area contributed by atoms with Gasteiger partial charge in [-0.05, 0) is 49.7 Å². The van der Waals surface area contributed by atoms with Gasteiger partial charge in [-0.2, -0.15) is 13.2 Å². The Bertz CT molecular complexity index is 1640. The lowest BCUT2D eigenvalue weighted by Crippen LogP contribution is -2.48. The maximum atomic E-state index is 14.1. The van der Waals surface area contributed by atoms with Crippen LogP contribution in [0.4, 0.5) is 13.2 Å². The zero-order chi connectivity index (χ0) is 31.4. The van der Waals surface area contributed by atoms with E-state index in [1.165, 1.54) is 13.2 Å². The molecule has 2 aliphatic rings. The molecule has 4 aromatic rings. The van der Waals surface area contributed by atoms with E-state index >= 15 is 0 Å². The number of hydrogen-bond donors (Lipinski definition) is 1. The molecular formula is C34H36F3N5O3. The highest BCUT2D eigenvalue weighted by Crippen LogP contribution is 2.36. The van der Waals surface area contributed by atoms with E-state index in [1.54, 1.807) is 18.2 Å². The number of carbonyl (C=O) groups is 1. The average molecular weight is 620 g/mol. The number of nitrogens with zero attached hydrogens (tertiary/aromatic N) is 4. The van der Waals surface area contributed by atoms with E-state index in [-0.39, 0.29) is 23.6 Å². The van der Waals surface area contributed by atoms with Gasteiger partial charge in [0.15, 0.2) is 0 Å². The van der Waals surface area contributed by atoms with Gasteiger partial charge < -0.3 is 14.8 Å². The van der Waals surface area contributed by atoms with Gasteiger partial charge in [0.05, 0.1) is 42.7 Å². The van der Waals surface area contributed by atoms with Crippen molar-refractivity contribution in [3.05, 3.63) is 89.0 Å². The van der Waals surface area contributed by atoms with Gasteiger partial charge in [0.2, 0.25) is 5.88 Å². The Morgan fingerprint density at radius 3 is 2.44 bits per heavy atom. The van der Waals surface area contributed by atoms with Crippen LogP contribution in [0.1, 0.15) is 39.9 Å². The van der Waals surface area contributed by atoms with Crippen LogP contribution in [0.5, 0.6) is 5.88 Å². The molecule has 0 bridgehead atoms. The Morgan fingerprint density at radius 2 is 1.73 bits per heavy atom. The van der Waals surface area contributed by atoms with E-state index in [1.807, 2.05) is 30.3 Å². The van der Waals surface area contributed by atoms with Crippen molar-refractivity contribution < 1.29 is 27.4 Å². The highest BCUT2D eigenvalue weighted by Gasteiger charge is 2.32. The van der Waals surface area contributed by atoms with Crippen LogP contribution >= 0.6 is 0 Å². The molecule has 11 heteroatoms. The molecule has 2 fully saturated rings. The third kappa shape index (κ3) is 7.11. The van der Waals surface area contributed by atoms with E-state index in [2.05, 4.69) is 20.1 Å². The fourth-order valence-electron chi connectivity index (χ4n) is 6.23. The maximum absolute atomic E-state index is 14.1. The van der Waals surface area contributed by atoms with Crippen LogP contribution in [-0.4, -0.2) is 78.2 Å². The minimum atomic E-state index is -4.53. The Kier molecular flexibility index (Phi) is 9.29. The number of morpholine rings is 1. The number of likely N-dealkylation sites (tertiary alicyclic amines) is 1. The van der Waals surface area contributed by atoms with E-state index in [0.29, 0.717) is 40.8 Å². The number of pyridine rings is 2. The molecule has 2 aliphatic heterocycles. The molecule has 236 valence electrons. The molecule has 2 aromatic carbocycles.